The van der Waals surface area contributed by atoms with Crippen LogP contribution in [-0.4, -0.2) is 24.3 Å². The van der Waals surface area contributed by atoms with Gasteiger partial charge in [0.15, 0.2) is 0 Å². The molecule has 3 heteroatoms. The lowest BCUT2D eigenvalue weighted by molar-refractivity contribution is 0.243. The second-order valence-electron chi connectivity index (χ2n) is 4.08. The van der Waals surface area contributed by atoms with Crippen LogP contribution in [0.3, 0.4) is 0 Å². The summed E-state index contributed by atoms with van der Waals surface area (Å²) >= 11 is 0. The number of benzene rings is 1. The Morgan fingerprint density at radius 3 is 2.12 bits per heavy atom. The molecule has 0 aliphatic rings. The summed E-state index contributed by atoms with van der Waals surface area (Å²) in [5.74, 6) is 0. The summed E-state index contributed by atoms with van der Waals surface area (Å²) in [6.07, 6.45) is -0.116. The lowest BCUT2D eigenvalue weighted by Gasteiger charge is -2.28. The van der Waals surface area contributed by atoms with Gasteiger partial charge in [0.2, 0.25) is 0 Å². The highest BCUT2D eigenvalue weighted by molar-refractivity contribution is 5.56. The SMILES string of the molecule is CCN(CC)C(N)Nc1c(C)cccc1C. The van der Waals surface area contributed by atoms with Gasteiger partial charge in [0.1, 0.15) is 6.29 Å². The number of nitrogens with zero attached hydrogens (tertiary/aromatic N) is 1. The van der Waals surface area contributed by atoms with Gasteiger partial charge in [-0.05, 0) is 38.1 Å². The third kappa shape index (κ3) is 2.97. The van der Waals surface area contributed by atoms with E-state index in [9.17, 15) is 0 Å². The van der Waals surface area contributed by atoms with Crippen LogP contribution in [0.15, 0.2) is 18.2 Å². The Labute approximate surface area is 98.6 Å². The third-order valence-electron chi connectivity index (χ3n) is 2.98. The number of hydrogen-bond acceptors (Lipinski definition) is 3. The average Bonchev–Trinajstić information content (AvgIpc) is 2.25. The molecule has 3 nitrogen and oxygen atoms in total. The predicted octanol–water partition coefficient (Wildman–Crippen LogP) is 2.30. The highest BCUT2D eigenvalue weighted by Crippen LogP contribution is 2.20. The van der Waals surface area contributed by atoms with Crippen molar-refractivity contribution in [2.24, 2.45) is 5.73 Å². The molecule has 3 N–H and O–H groups in total. The van der Waals surface area contributed by atoms with E-state index in [4.69, 9.17) is 5.73 Å². The fraction of sp³-hybridized carbons (Fsp3) is 0.538. The first kappa shape index (κ1) is 13.0. The molecular formula is C13H23N3. The van der Waals surface area contributed by atoms with Crippen molar-refractivity contribution in [3.8, 4) is 0 Å². The van der Waals surface area contributed by atoms with E-state index >= 15 is 0 Å². The number of hydrogen-bond donors (Lipinski definition) is 2. The van der Waals surface area contributed by atoms with Gasteiger partial charge in [-0.25, -0.2) is 0 Å². The van der Waals surface area contributed by atoms with E-state index in [1.54, 1.807) is 0 Å². The highest BCUT2D eigenvalue weighted by Gasteiger charge is 2.11. The molecule has 0 saturated carbocycles. The molecule has 1 atom stereocenters. The van der Waals surface area contributed by atoms with Gasteiger partial charge in [0.25, 0.3) is 0 Å². The quantitative estimate of drug-likeness (QED) is 0.750. The summed E-state index contributed by atoms with van der Waals surface area (Å²) in [4.78, 5) is 2.19. The van der Waals surface area contributed by atoms with Crippen LogP contribution < -0.4 is 11.1 Å². The van der Waals surface area contributed by atoms with Gasteiger partial charge < -0.3 is 5.32 Å². The molecule has 0 saturated heterocycles. The maximum atomic E-state index is 6.12. The van der Waals surface area contributed by atoms with E-state index in [1.807, 2.05) is 0 Å². The van der Waals surface area contributed by atoms with Gasteiger partial charge in [-0.2, -0.15) is 0 Å². The fourth-order valence-corrected chi connectivity index (χ4v) is 1.90. The van der Waals surface area contributed by atoms with Crippen LogP contribution in [0.5, 0.6) is 0 Å². The van der Waals surface area contributed by atoms with Crippen molar-refractivity contribution in [1.29, 1.82) is 0 Å². The van der Waals surface area contributed by atoms with Gasteiger partial charge in [-0.1, -0.05) is 32.0 Å². The Balaban J connectivity index is 2.80. The van der Waals surface area contributed by atoms with E-state index in [1.165, 1.54) is 11.1 Å². The van der Waals surface area contributed by atoms with Crippen molar-refractivity contribution >= 4 is 5.69 Å². The van der Waals surface area contributed by atoms with Gasteiger partial charge in [-0.3, -0.25) is 10.6 Å². The monoisotopic (exact) mass is 221 g/mol. The zero-order chi connectivity index (χ0) is 12.1. The van der Waals surface area contributed by atoms with E-state index in [0.717, 1.165) is 18.8 Å². The van der Waals surface area contributed by atoms with Gasteiger partial charge in [0, 0.05) is 5.69 Å². The third-order valence-corrected chi connectivity index (χ3v) is 2.98. The smallest absolute Gasteiger partial charge is 0.132 e. The number of aryl methyl sites for hydroxylation is 2. The molecule has 1 aromatic rings. The average molecular weight is 221 g/mol. The summed E-state index contributed by atoms with van der Waals surface area (Å²) in [6.45, 7) is 10.4. The Hall–Kier alpha value is -1.06. The normalized spacial score (nSPS) is 12.9. The van der Waals surface area contributed by atoms with E-state index < -0.39 is 0 Å². The van der Waals surface area contributed by atoms with E-state index in [2.05, 4.69) is 56.1 Å². The zero-order valence-corrected chi connectivity index (χ0v) is 10.7. The standard InChI is InChI=1S/C13H23N3/c1-5-16(6-2)13(14)15-12-10(3)8-7-9-11(12)4/h7-9,13,15H,5-6,14H2,1-4H3. The van der Waals surface area contributed by atoms with Gasteiger partial charge >= 0.3 is 0 Å². The number of nitrogens with one attached hydrogen (secondary N) is 1. The van der Waals surface area contributed by atoms with Crippen molar-refractivity contribution in [3.05, 3.63) is 29.3 Å². The van der Waals surface area contributed by atoms with E-state index in [0.29, 0.717) is 0 Å². The van der Waals surface area contributed by atoms with E-state index in [-0.39, 0.29) is 6.29 Å². The zero-order valence-electron chi connectivity index (χ0n) is 10.7. The summed E-state index contributed by atoms with van der Waals surface area (Å²) in [5.41, 5.74) is 9.76. The number of anilines is 1. The van der Waals surface area contributed by atoms with Crippen LogP contribution in [0.4, 0.5) is 5.69 Å². The molecule has 0 radical (unpaired) electrons. The topological polar surface area (TPSA) is 41.3 Å². The van der Waals surface area contributed by atoms with Crippen LogP contribution in [0.1, 0.15) is 25.0 Å². The minimum Gasteiger partial charge on any atom is -0.357 e. The van der Waals surface area contributed by atoms with Crippen molar-refractivity contribution in [3.63, 3.8) is 0 Å². The van der Waals surface area contributed by atoms with Crippen LogP contribution in [0.2, 0.25) is 0 Å². The Kier molecular flexibility index (Phi) is 4.77. The molecule has 16 heavy (non-hydrogen) atoms. The van der Waals surface area contributed by atoms with Crippen LogP contribution >= 0.6 is 0 Å². The molecule has 0 amide bonds. The second-order valence-corrected chi connectivity index (χ2v) is 4.08. The highest BCUT2D eigenvalue weighted by atomic mass is 15.3. The Morgan fingerprint density at radius 1 is 1.19 bits per heavy atom. The minimum absolute atomic E-state index is 0.116. The molecule has 1 aromatic carbocycles. The Morgan fingerprint density at radius 2 is 1.69 bits per heavy atom. The lowest BCUT2D eigenvalue weighted by Crippen LogP contribution is -2.47. The molecule has 1 rings (SSSR count). The number of rotatable bonds is 5. The first-order valence-electron chi connectivity index (χ1n) is 5.92. The molecule has 90 valence electrons. The maximum Gasteiger partial charge on any atom is 0.132 e. The molecule has 1 unspecified atom stereocenters. The van der Waals surface area contributed by atoms with Crippen molar-refractivity contribution in [2.75, 3.05) is 18.4 Å². The summed E-state index contributed by atoms with van der Waals surface area (Å²) in [5, 5.41) is 3.38. The van der Waals surface area contributed by atoms with Crippen molar-refractivity contribution in [2.45, 2.75) is 34.0 Å². The summed E-state index contributed by atoms with van der Waals surface area (Å²) in [6, 6.07) is 6.27. The summed E-state index contributed by atoms with van der Waals surface area (Å²) < 4.78 is 0. The van der Waals surface area contributed by atoms with Crippen LogP contribution in [0.25, 0.3) is 0 Å². The lowest BCUT2D eigenvalue weighted by atomic mass is 10.1. The largest absolute Gasteiger partial charge is 0.357 e. The second kappa shape index (κ2) is 5.87. The maximum absolute atomic E-state index is 6.12. The number of para-hydroxylation sites is 1. The molecule has 0 aromatic heterocycles. The molecule has 0 fully saturated rings. The molecule has 0 spiro atoms. The predicted molar refractivity (Wildman–Crippen MR) is 70.4 cm³/mol. The minimum atomic E-state index is -0.116. The van der Waals surface area contributed by atoms with Gasteiger partial charge in [0.05, 0.1) is 0 Å². The van der Waals surface area contributed by atoms with Crippen LogP contribution in [-0.2, 0) is 0 Å². The molecule has 0 bridgehead atoms. The Bertz CT molecular complexity index is 312. The molecule has 0 heterocycles. The van der Waals surface area contributed by atoms with Gasteiger partial charge in [-0.15, -0.1) is 0 Å². The summed E-state index contributed by atoms with van der Waals surface area (Å²) in [7, 11) is 0. The molecular weight excluding hydrogens is 198 g/mol. The molecule has 0 aliphatic heterocycles. The van der Waals surface area contributed by atoms with Crippen molar-refractivity contribution in [1.82, 2.24) is 4.90 Å². The van der Waals surface area contributed by atoms with Crippen LogP contribution in [0, 0.1) is 13.8 Å². The fourth-order valence-electron chi connectivity index (χ4n) is 1.90. The first-order valence-corrected chi connectivity index (χ1v) is 5.92. The first-order chi connectivity index (χ1) is 7.60. The number of nitrogens with two attached hydrogens (primary N) is 1. The van der Waals surface area contributed by atoms with Crippen molar-refractivity contribution < 1.29 is 0 Å². The molecule has 0 aliphatic carbocycles.